The Morgan fingerprint density at radius 3 is 2.77 bits per heavy atom. The summed E-state index contributed by atoms with van der Waals surface area (Å²) in [5.41, 5.74) is 4.09. The highest BCUT2D eigenvalue weighted by atomic mass is 19.1. The first-order valence-electron chi connectivity index (χ1n) is 3.87. The maximum absolute atomic E-state index is 12.7. The Balaban J connectivity index is 3.09. The van der Waals surface area contributed by atoms with E-state index in [1.807, 2.05) is 0 Å². The van der Waals surface area contributed by atoms with Gasteiger partial charge in [-0.2, -0.15) is 0 Å². The first-order chi connectivity index (χ1) is 6.19. The first-order valence-corrected chi connectivity index (χ1v) is 3.87. The number of hydrogen-bond donors (Lipinski definition) is 2. The maximum Gasteiger partial charge on any atom is 0.123 e. The van der Waals surface area contributed by atoms with Crippen LogP contribution in [0.3, 0.4) is 0 Å². The molecular formula is C10H11FN2. The van der Waals surface area contributed by atoms with E-state index < -0.39 is 0 Å². The molecule has 13 heavy (non-hydrogen) atoms. The summed E-state index contributed by atoms with van der Waals surface area (Å²) in [5, 5.41) is 0. The van der Waals surface area contributed by atoms with Gasteiger partial charge >= 0.3 is 0 Å². The van der Waals surface area contributed by atoms with Gasteiger partial charge in [0.1, 0.15) is 11.9 Å². The topological polar surface area (TPSA) is 38.0 Å². The van der Waals surface area contributed by atoms with Crippen LogP contribution in [0.2, 0.25) is 0 Å². The normalized spacial score (nSPS) is 12.2. The van der Waals surface area contributed by atoms with Crippen molar-refractivity contribution in [3.63, 3.8) is 0 Å². The van der Waals surface area contributed by atoms with Gasteiger partial charge in [-0.15, -0.1) is 6.42 Å². The zero-order chi connectivity index (χ0) is 9.84. The number of nitrogens with one attached hydrogen (secondary N) is 1. The van der Waals surface area contributed by atoms with Crippen molar-refractivity contribution in [2.45, 2.75) is 13.0 Å². The highest BCUT2D eigenvalue weighted by Crippen LogP contribution is 2.17. The van der Waals surface area contributed by atoms with Crippen LogP contribution in [0.4, 0.5) is 4.39 Å². The number of halogens is 1. The Hall–Kier alpha value is -1.37. The van der Waals surface area contributed by atoms with Gasteiger partial charge in [0, 0.05) is 0 Å². The van der Waals surface area contributed by atoms with Crippen molar-refractivity contribution in [2.75, 3.05) is 0 Å². The van der Waals surface area contributed by atoms with Gasteiger partial charge in [-0.25, -0.2) is 9.82 Å². The van der Waals surface area contributed by atoms with E-state index in [1.165, 1.54) is 12.1 Å². The smallest absolute Gasteiger partial charge is 0.123 e. The summed E-state index contributed by atoms with van der Waals surface area (Å²) in [7, 11) is 0. The third kappa shape index (κ3) is 2.05. The third-order valence-corrected chi connectivity index (χ3v) is 1.88. The van der Waals surface area contributed by atoms with E-state index in [2.05, 4.69) is 11.3 Å². The van der Waals surface area contributed by atoms with Gasteiger partial charge in [0.25, 0.3) is 0 Å². The van der Waals surface area contributed by atoms with Gasteiger partial charge in [0.05, 0.1) is 0 Å². The molecule has 0 amide bonds. The van der Waals surface area contributed by atoms with E-state index in [0.29, 0.717) is 0 Å². The number of rotatable bonds is 2. The summed E-state index contributed by atoms with van der Waals surface area (Å²) in [4.78, 5) is 0. The van der Waals surface area contributed by atoms with Gasteiger partial charge in [0.2, 0.25) is 0 Å². The second kappa shape index (κ2) is 4.04. The van der Waals surface area contributed by atoms with Crippen LogP contribution in [0.15, 0.2) is 18.2 Å². The van der Waals surface area contributed by atoms with Crippen LogP contribution in [0.5, 0.6) is 0 Å². The number of hydrazine groups is 1. The molecular weight excluding hydrogens is 167 g/mol. The van der Waals surface area contributed by atoms with E-state index in [4.69, 9.17) is 12.3 Å². The third-order valence-electron chi connectivity index (χ3n) is 1.88. The summed E-state index contributed by atoms with van der Waals surface area (Å²) in [6.45, 7) is 1.79. The lowest BCUT2D eigenvalue weighted by Gasteiger charge is -2.12. The van der Waals surface area contributed by atoms with Gasteiger partial charge in [0.15, 0.2) is 0 Å². The lowest BCUT2D eigenvalue weighted by Crippen LogP contribution is -2.27. The average molecular weight is 178 g/mol. The van der Waals surface area contributed by atoms with Crippen molar-refractivity contribution in [1.82, 2.24) is 5.43 Å². The molecule has 0 aromatic heterocycles. The molecule has 1 aromatic carbocycles. The zero-order valence-corrected chi connectivity index (χ0v) is 7.34. The highest BCUT2D eigenvalue weighted by molar-refractivity contribution is 5.33. The second-order valence-electron chi connectivity index (χ2n) is 2.77. The molecule has 68 valence electrons. The molecule has 1 atom stereocenters. The van der Waals surface area contributed by atoms with Gasteiger partial charge in [-0.1, -0.05) is 12.0 Å². The average Bonchev–Trinajstić information content (AvgIpc) is 2.10. The summed E-state index contributed by atoms with van der Waals surface area (Å²) < 4.78 is 12.7. The molecule has 0 spiro atoms. The van der Waals surface area contributed by atoms with Crippen molar-refractivity contribution in [3.05, 3.63) is 35.1 Å². The number of hydrogen-bond acceptors (Lipinski definition) is 2. The zero-order valence-electron chi connectivity index (χ0n) is 7.34. The fraction of sp³-hybridized carbons (Fsp3) is 0.200. The molecule has 0 fully saturated rings. The van der Waals surface area contributed by atoms with Crippen LogP contribution in [0, 0.1) is 25.1 Å². The Bertz CT molecular complexity index is 341. The monoisotopic (exact) mass is 178 g/mol. The number of benzene rings is 1. The first kappa shape index (κ1) is 9.72. The summed E-state index contributed by atoms with van der Waals surface area (Å²) >= 11 is 0. The molecule has 0 bridgehead atoms. The summed E-state index contributed by atoms with van der Waals surface area (Å²) in [6, 6.07) is 4.07. The van der Waals surface area contributed by atoms with Gasteiger partial charge in [-0.05, 0) is 30.2 Å². The van der Waals surface area contributed by atoms with Gasteiger partial charge < -0.3 is 0 Å². The molecule has 3 N–H and O–H groups in total. The molecule has 0 aliphatic rings. The van der Waals surface area contributed by atoms with Crippen LogP contribution in [0.1, 0.15) is 17.2 Å². The molecule has 0 aliphatic heterocycles. The standard InChI is InChI=1S/C10H11FN2/c1-3-10(13-12)9-5-4-8(11)6-7(9)2/h1,4-6,10,13H,12H2,2H3. The van der Waals surface area contributed by atoms with E-state index in [0.717, 1.165) is 11.1 Å². The number of terminal acetylenes is 1. The molecule has 1 unspecified atom stereocenters. The van der Waals surface area contributed by atoms with Gasteiger partial charge in [-0.3, -0.25) is 5.84 Å². The van der Waals surface area contributed by atoms with E-state index in [9.17, 15) is 4.39 Å². The molecule has 1 aromatic rings. The molecule has 0 aliphatic carbocycles. The van der Waals surface area contributed by atoms with Crippen molar-refractivity contribution < 1.29 is 4.39 Å². The predicted molar refractivity (Wildman–Crippen MR) is 50.0 cm³/mol. The molecule has 2 nitrogen and oxygen atoms in total. The second-order valence-corrected chi connectivity index (χ2v) is 2.77. The van der Waals surface area contributed by atoms with Crippen molar-refractivity contribution in [1.29, 1.82) is 0 Å². The largest absolute Gasteiger partial charge is 0.270 e. The number of aryl methyl sites for hydroxylation is 1. The van der Waals surface area contributed by atoms with Crippen LogP contribution in [-0.2, 0) is 0 Å². The van der Waals surface area contributed by atoms with Crippen molar-refractivity contribution in [3.8, 4) is 12.3 Å². The lowest BCUT2D eigenvalue weighted by atomic mass is 10.0. The fourth-order valence-corrected chi connectivity index (χ4v) is 1.19. The van der Waals surface area contributed by atoms with Crippen LogP contribution in [-0.4, -0.2) is 0 Å². The van der Waals surface area contributed by atoms with E-state index in [1.54, 1.807) is 13.0 Å². The Morgan fingerprint density at radius 1 is 1.62 bits per heavy atom. The molecule has 0 radical (unpaired) electrons. The number of nitrogens with two attached hydrogens (primary N) is 1. The molecule has 3 heteroatoms. The highest BCUT2D eigenvalue weighted by Gasteiger charge is 2.08. The van der Waals surface area contributed by atoms with Crippen LogP contribution < -0.4 is 11.3 Å². The summed E-state index contributed by atoms with van der Waals surface area (Å²) in [5.74, 6) is 7.44. The Labute approximate surface area is 76.9 Å². The van der Waals surface area contributed by atoms with Crippen LogP contribution in [0.25, 0.3) is 0 Å². The minimum Gasteiger partial charge on any atom is -0.270 e. The lowest BCUT2D eigenvalue weighted by molar-refractivity contribution is 0.620. The molecule has 0 saturated heterocycles. The van der Waals surface area contributed by atoms with E-state index in [-0.39, 0.29) is 11.9 Å². The Morgan fingerprint density at radius 2 is 2.31 bits per heavy atom. The Kier molecular flexibility index (Phi) is 3.02. The predicted octanol–water partition coefficient (Wildman–Crippen LogP) is 1.27. The van der Waals surface area contributed by atoms with Crippen molar-refractivity contribution in [2.24, 2.45) is 5.84 Å². The SMILES string of the molecule is C#CC(NN)c1ccc(F)cc1C. The minimum atomic E-state index is -0.361. The minimum absolute atomic E-state index is 0.269. The fourth-order valence-electron chi connectivity index (χ4n) is 1.19. The maximum atomic E-state index is 12.7. The summed E-state index contributed by atoms with van der Waals surface area (Å²) in [6.07, 6.45) is 5.24. The molecule has 0 saturated carbocycles. The van der Waals surface area contributed by atoms with Crippen molar-refractivity contribution >= 4 is 0 Å². The van der Waals surface area contributed by atoms with E-state index >= 15 is 0 Å². The quantitative estimate of drug-likeness (QED) is 0.406. The molecule has 0 heterocycles. The van der Waals surface area contributed by atoms with Crippen LogP contribution >= 0.6 is 0 Å². The molecule has 1 rings (SSSR count).